The van der Waals surface area contributed by atoms with E-state index >= 15 is 0 Å². The smallest absolute Gasteiger partial charge is 0.0621 e. The van der Waals surface area contributed by atoms with Gasteiger partial charge < -0.3 is 4.90 Å². The summed E-state index contributed by atoms with van der Waals surface area (Å²) in [6.45, 7) is 6.94. The van der Waals surface area contributed by atoms with Crippen molar-refractivity contribution < 1.29 is 0 Å². The van der Waals surface area contributed by atoms with Crippen LogP contribution < -0.4 is 4.90 Å². The topological polar surface area (TPSA) is 3.24 Å². The van der Waals surface area contributed by atoms with Gasteiger partial charge in [-0.25, -0.2) is 0 Å². The van der Waals surface area contributed by atoms with Gasteiger partial charge in [-0.2, -0.15) is 0 Å². The van der Waals surface area contributed by atoms with Crippen LogP contribution in [0.1, 0.15) is 43.4 Å². The lowest BCUT2D eigenvalue weighted by Crippen LogP contribution is -2.23. The third-order valence-corrected chi connectivity index (χ3v) is 10.5. The van der Waals surface area contributed by atoms with Crippen LogP contribution in [0.3, 0.4) is 0 Å². The molecule has 0 amide bonds. The molecule has 1 aliphatic rings. The number of hydrogen-bond donors (Lipinski definition) is 0. The number of anilines is 3. The molecule has 0 aliphatic heterocycles. The van der Waals surface area contributed by atoms with Crippen LogP contribution in [-0.2, 0) is 5.41 Å². The highest BCUT2D eigenvalue weighted by molar-refractivity contribution is 6.10. The lowest BCUT2D eigenvalue weighted by atomic mass is 9.73. The quantitative estimate of drug-likeness (QED) is 0.175. The minimum absolute atomic E-state index is 0.0207. The molecule has 47 heavy (non-hydrogen) atoms. The van der Waals surface area contributed by atoms with E-state index in [0.29, 0.717) is 0 Å². The Hall–Kier alpha value is -5.40. The van der Waals surface area contributed by atoms with Gasteiger partial charge in [0, 0.05) is 27.7 Å². The fourth-order valence-electron chi connectivity index (χ4n) is 8.08. The van der Waals surface area contributed by atoms with Gasteiger partial charge >= 0.3 is 0 Å². The van der Waals surface area contributed by atoms with Crippen LogP contribution in [-0.4, -0.2) is 0 Å². The van der Waals surface area contributed by atoms with Gasteiger partial charge in [0.25, 0.3) is 0 Å². The first-order valence-corrected chi connectivity index (χ1v) is 16.9. The third kappa shape index (κ3) is 4.61. The lowest BCUT2D eigenvalue weighted by molar-refractivity contribution is 0.491. The molecule has 0 bridgehead atoms. The van der Waals surface area contributed by atoms with Crippen molar-refractivity contribution in [2.24, 2.45) is 0 Å². The molecule has 8 rings (SSSR count). The van der Waals surface area contributed by atoms with Crippen molar-refractivity contribution in [1.82, 2.24) is 0 Å². The molecule has 7 aromatic carbocycles. The second kappa shape index (κ2) is 11.8. The van der Waals surface area contributed by atoms with Crippen molar-refractivity contribution in [3.8, 4) is 33.4 Å². The van der Waals surface area contributed by atoms with Crippen molar-refractivity contribution in [1.29, 1.82) is 0 Å². The predicted octanol–water partition coefficient (Wildman–Crippen LogP) is 13.0. The molecule has 0 fully saturated rings. The second-order valence-electron chi connectivity index (χ2n) is 12.8. The van der Waals surface area contributed by atoms with Crippen molar-refractivity contribution in [2.45, 2.75) is 39.0 Å². The summed E-state index contributed by atoms with van der Waals surface area (Å²) < 4.78 is 0. The van der Waals surface area contributed by atoms with Crippen LogP contribution in [0, 0.1) is 6.92 Å². The summed E-state index contributed by atoms with van der Waals surface area (Å²) in [5, 5.41) is 2.55. The molecule has 0 N–H and O–H groups in total. The number of para-hydroxylation sites is 1. The van der Waals surface area contributed by atoms with Crippen LogP contribution in [0.25, 0.3) is 44.2 Å². The van der Waals surface area contributed by atoms with Crippen LogP contribution in [0.4, 0.5) is 17.1 Å². The first-order chi connectivity index (χ1) is 23.1. The Kier molecular flexibility index (Phi) is 7.26. The zero-order valence-electron chi connectivity index (χ0n) is 27.4. The van der Waals surface area contributed by atoms with E-state index in [1.54, 1.807) is 0 Å². The normalized spacial score (nSPS) is 12.9. The lowest BCUT2D eigenvalue weighted by Gasteiger charge is -2.33. The Morgan fingerprint density at radius 1 is 0.511 bits per heavy atom. The molecule has 0 spiro atoms. The fraction of sp³-hybridized carbons (Fsp3) is 0.130. The highest BCUT2D eigenvalue weighted by Gasteiger charge is 2.43. The van der Waals surface area contributed by atoms with E-state index in [9.17, 15) is 0 Å². The van der Waals surface area contributed by atoms with Gasteiger partial charge in [-0.05, 0) is 93.9 Å². The fourth-order valence-corrected chi connectivity index (χ4v) is 8.08. The molecule has 0 aromatic heterocycles. The highest BCUT2D eigenvalue weighted by atomic mass is 15.1. The average Bonchev–Trinajstić information content (AvgIpc) is 3.42. The molecule has 0 saturated heterocycles. The monoisotopic (exact) mass is 605 g/mol. The maximum atomic E-state index is 2.53. The van der Waals surface area contributed by atoms with E-state index in [0.717, 1.165) is 18.5 Å². The molecule has 228 valence electrons. The van der Waals surface area contributed by atoms with E-state index < -0.39 is 0 Å². The van der Waals surface area contributed by atoms with Crippen LogP contribution in [0.2, 0.25) is 0 Å². The van der Waals surface area contributed by atoms with Crippen molar-refractivity contribution in [3.05, 3.63) is 174 Å². The Morgan fingerprint density at radius 2 is 1.09 bits per heavy atom. The van der Waals surface area contributed by atoms with Gasteiger partial charge in [-0.15, -0.1) is 0 Å². The molecule has 1 nitrogen and oxygen atoms in total. The summed E-state index contributed by atoms with van der Waals surface area (Å²) in [5.41, 5.74) is 15.4. The zero-order chi connectivity index (χ0) is 32.0. The summed E-state index contributed by atoms with van der Waals surface area (Å²) in [4.78, 5) is 2.53. The molecular weight excluding hydrogens is 567 g/mol. The summed E-state index contributed by atoms with van der Waals surface area (Å²) in [6.07, 6.45) is 2.12. The Balaban J connectivity index is 1.39. The maximum absolute atomic E-state index is 2.53. The molecule has 1 aliphatic carbocycles. The van der Waals surface area contributed by atoms with Crippen molar-refractivity contribution >= 4 is 27.8 Å². The average molecular weight is 606 g/mol. The van der Waals surface area contributed by atoms with Crippen molar-refractivity contribution in [3.63, 3.8) is 0 Å². The number of aryl methyl sites for hydroxylation is 1. The molecule has 1 heteroatoms. The number of hydrogen-bond acceptors (Lipinski definition) is 1. The summed E-state index contributed by atoms with van der Waals surface area (Å²) in [6, 6.07) is 58.0. The van der Waals surface area contributed by atoms with Gasteiger partial charge in [0.2, 0.25) is 0 Å². The van der Waals surface area contributed by atoms with Gasteiger partial charge in [0.05, 0.1) is 5.69 Å². The van der Waals surface area contributed by atoms with Gasteiger partial charge in [0.1, 0.15) is 0 Å². The summed E-state index contributed by atoms with van der Waals surface area (Å²) >= 11 is 0. The van der Waals surface area contributed by atoms with E-state index in [4.69, 9.17) is 0 Å². The van der Waals surface area contributed by atoms with E-state index in [-0.39, 0.29) is 5.41 Å². The second-order valence-corrected chi connectivity index (χ2v) is 12.8. The maximum Gasteiger partial charge on any atom is 0.0621 e. The number of rotatable bonds is 7. The van der Waals surface area contributed by atoms with Gasteiger partial charge in [-0.3, -0.25) is 0 Å². The van der Waals surface area contributed by atoms with Crippen LogP contribution >= 0.6 is 0 Å². The largest absolute Gasteiger partial charge is 0.309 e. The van der Waals surface area contributed by atoms with E-state index in [2.05, 4.69) is 183 Å². The molecule has 0 saturated carbocycles. The molecular formula is C46H39N. The standard InChI is InChI=1S/C46H39N/c1-4-46(5-2)41-25-15-14-24-40(41)44-42(46)31-35-20-10-11-23-39(35)45(44)47(43-26-16-9-17-32(43)3)36-29-27-34(28-30-36)38-22-13-12-21-37(38)33-18-7-6-8-19-33/h6-31H,4-5H2,1-3H3. The SMILES string of the molecule is CCC1(CC)c2ccccc2-c2c1cc1ccccc1c2N(c1ccc(-c2ccccc2-c2ccccc2)cc1)c1ccccc1C. The minimum Gasteiger partial charge on any atom is -0.309 e. The Bertz CT molecular complexity index is 2220. The number of fused-ring (bicyclic) bond motifs is 4. The number of nitrogens with zero attached hydrogens (tertiary/aromatic N) is 1. The Labute approximate surface area is 278 Å². The van der Waals surface area contributed by atoms with Gasteiger partial charge in [0.15, 0.2) is 0 Å². The molecule has 0 unspecified atom stereocenters. The van der Waals surface area contributed by atoms with Crippen molar-refractivity contribution in [2.75, 3.05) is 4.90 Å². The first kappa shape index (κ1) is 29.0. The summed E-state index contributed by atoms with van der Waals surface area (Å²) in [7, 11) is 0. The summed E-state index contributed by atoms with van der Waals surface area (Å²) in [5.74, 6) is 0. The highest BCUT2D eigenvalue weighted by Crippen LogP contribution is 2.59. The van der Waals surface area contributed by atoms with Crippen LogP contribution in [0.5, 0.6) is 0 Å². The third-order valence-electron chi connectivity index (χ3n) is 10.5. The number of benzene rings is 7. The zero-order valence-corrected chi connectivity index (χ0v) is 27.4. The molecule has 7 aromatic rings. The minimum atomic E-state index is -0.0207. The molecule has 0 radical (unpaired) electrons. The Morgan fingerprint density at radius 3 is 1.79 bits per heavy atom. The molecule has 0 heterocycles. The molecule has 0 atom stereocenters. The van der Waals surface area contributed by atoms with Crippen LogP contribution in [0.15, 0.2) is 158 Å². The predicted molar refractivity (Wildman–Crippen MR) is 201 cm³/mol. The van der Waals surface area contributed by atoms with Gasteiger partial charge in [-0.1, -0.05) is 147 Å². The van der Waals surface area contributed by atoms with E-state index in [1.165, 1.54) is 72.2 Å². The first-order valence-electron chi connectivity index (χ1n) is 16.9. The van der Waals surface area contributed by atoms with E-state index in [1.807, 2.05) is 0 Å².